The van der Waals surface area contributed by atoms with Crippen molar-refractivity contribution in [1.82, 2.24) is 10.2 Å². The fourth-order valence-corrected chi connectivity index (χ4v) is 1.69. The first-order valence-electron chi connectivity index (χ1n) is 5.72. The summed E-state index contributed by atoms with van der Waals surface area (Å²) < 4.78 is 0. The third-order valence-corrected chi connectivity index (χ3v) is 2.66. The van der Waals surface area contributed by atoms with Crippen molar-refractivity contribution in [3.05, 3.63) is 35.9 Å². The van der Waals surface area contributed by atoms with Crippen molar-refractivity contribution >= 4 is 11.9 Å². The number of hydrogen-bond acceptors (Lipinski definition) is 3. The number of benzene rings is 1. The van der Waals surface area contributed by atoms with Crippen molar-refractivity contribution in [3.8, 4) is 0 Å². The van der Waals surface area contributed by atoms with Crippen LogP contribution in [0.5, 0.6) is 0 Å². The molecule has 1 unspecified atom stereocenters. The number of carbonyl (C=O) groups excluding carboxylic acids is 1. The zero-order valence-corrected chi connectivity index (χ0v) is 10.6. The Morgan fingerprint density at radius 2 is 1.94 bits per heavy atom. The lowest BCUT2D eigenvalue weighted by molar-refractivity contribution is -0.142. The van der Waals surface area contributed by atoms with Crippen molar-refractivity contribution < 1.29 is 14.7 Å². The Kier molecular flexibility index (Phi) is 5.32. The van der Waals surface area contributed by atoms with E-state index >= 15 is 0 Å². The Hall–Kier alpha value is -1.88. The fourth-order valence-electron chi connectivity index (χ4n) is 1.69. The maximum Gasteiger partial charge on any atom is 0.305 e. The molecule has 0 saturated carbocycles. The Morgan fingerprint density at radius 3 is 2.44 bits per heavy atom. The normalized spacial score (nSPS) is 11.9. The van der Waals surface area contributed by atoms with Gasteiger partial charge in [-0.05, 0) is 12.6 Å². The van der Waals surface area contributed by atoms with Crippen LogP contribution in [0.3, 0.4) is 0 Å². The van der Waals surface area contributed by atoms with Crippen LogP contribution in [0.15, 0.2) is 30.3 Å². The van der Waals surface area contributed by atoms with Crippen LogP contribution in [0.4, 0.5) is 0 Å². The summed E-state index contributed by atoms with van der Waals surface area (Å²) in [5, 5.41) is 11.5. The van der Waals surface area contributed by atoms with E-state index in [2.05, 4.69) is 5.32 Å². The minimum Gasteiger partial charge on any atom is -0.481 e. The molecule has 0 aromatic heterocycles. The van der Waals surface area contributed by atoms with Crippen LogP contribution >= 0.6 is 0 Å². The van der Waals surface area contributed by atoms with E-state index in [0.29, 0.717) is 6.54 Å². The van der Waals surface area contributed by atoms with Gasteiger partial charge in [0.25, 0.3) is 0 Å². The number of rotatable bonds is 6. The summed E-state index contributed by atoms with van der Waals surface area (Å²) in [4.78, 5) is 24.2. The molecule has 0 spiro atoms. The first-order chi connectivity index (χ1) is 8.54. The molecule has 5 nitrogen and oxygen atoms in total. The second-order valence-corrected chi connectivity index (χ2v) is 4.12. The topological polar surface area (TPSA) is 69.6 Å². The van der Waals surface area contributed by atoms with E-state index in [9.17, 15) is 9.59 Å². The molecular weight excluding hydrogens is 232 g/mol. The maximum atomic E-state index is 12.0. The molecule has 98 valence electrons. The number of carbonyl (C=O) groups is 2. The number of nitrogens with one attached hydrogen (secondary N) is 1. The predicted molar refractivity (Wildman–Crippen MR) is 68.0 cm³/mol. The first-order valence-corrected chi connectivity index (χ1v) is 5.72. The van der Waals surface area contributed by atoms with Gasteiger partial charge in [-0.1, -0.05) is 30.3 Å². The van der Waals surface area contributed by atoms with Crippen LogP contribution in [0.2, 0.25) is 0 Å². The summed E-state index contributed by atoms with van der Waals surface area (Å²) in [6, 6.07) is 8.88. The lowest BCUT2D eigenvalue weighted by atomic mass is 10.1. The van der Waals surface area contributed by atoms with Crippen molar-refractivity contribution in [2.24, 2.45) is 0 Å². The lowest BCUT2D eigenvalue weighted by Gasteiger charge is -2.22. The van der Waals surface area contributed by atoms with Gasteiger partial charge >= 0.3 is 5.97 Å². The first kappa shape index (κ1) is 14.2. The summed E-state index contributed by atoms with van der Waals surface area (Å²) in [6.45, 7) is 0.470. The number of likely N-dealkylation sites (N-methyl/N-ethyl adjacent to an activating group) is 2. The molecule has 0 heterocycles. The molecule has 1 amide bonds. The lowest BCUT2D eigenvalue weighted by Crippen LogP contribution is -2.44. The Morgan fingerprint density at radius 1 is 1.33 bits per heavy atom. The maximum absolute atomic E-state index is 12.0. The number of carboxylic acids is 1. The number of carboxylic acid groups (broad SMARTS) is 1. The van der Waals surface area contributed by atoms with Gasteiger partial charge in [-0.15, -0.1) is 0 Å². The quantitative estimate of drug-likeness (QED) is 0.780. The van der Waals surface area contributed by atoms with Gasteiger partial charge in [0.05, 0.1) is 12.5 Å². The summed E-state index contributed by atoms with van der Waals surface area (Å²) in [6.07, 6.45) is -0.214. The molecule has 0 aliphatic heterocycles. The van der Waals surface area contributed by atoms with Gasteiger partial charge in [0, 0.05) is 13.6 Å². The van der Waals surface area contributed by atoms with Crippen LogP contribution in [0.1, 0.15) is 12.0 Å². The molecule has 1 atom stereocenters. The minimum absolute atomic E-state index is 0.214. The molecule has 0 fully saturated rings. The van der Waals surface area contributed by atoms with Crippen LogP contribution < -0.4 is 5.32 Å². The fraction of sp³-hybridized carbons (Fsp3) is 0.385. The largest absolute Gasteiger partial charge is 0.481 e. The van der Waals surface area contributed by atoms with Crippen molar-refractivity contribution in [3.63, 3.8) is 0 Å². The molecule has 2 N–H and O–H groups in total. The highest BCUT2D eigenvalue weighted by molar-refractivity contribution is 5.86. The van der Waals surface area contributed by atoms with Crippen LogP contribution in [-0.2, 0) is 16.1 Å². The monoisotopic (exact) mass is 250 g/mol. The van der Waals surface area contributed by atoms with E-state index in [1.807, 2.05) is 30.3 Å². The highest BCUT2D eigenvalue weighted by Crippen LogP contribution is 2.05. The minimum atomic E-state index is -0.990. The number of nitrogens with zero attached hydrogens (tertiary/aromatic N) is 1. The Bertz CT molecular complexity index is 406. The van der Waals surface area contributed by atoms with Crippen molar-refractivity contribution in [2.45, 2.75) is 19.0 Å². The molecule has 0 radical (unpaired) electrons. The van der Waals surface area contributed by atoms with Gasteiger partial charge in [-0.3, -0.25) is 9.59 Å². The zero-order chi connectivity index (χ0) is 13.5. The number of aliphatic carboxylic acids is 1. The summed E-state index contributed by atoms with van der Waals surface area (Å²) in [5.41, 5.74) is 1.01. The molecule has 0 aliphatic carbocycles. The van der Waals surface area contributed by atoms with Gasteiger partial charge < -0.3 is 15.3 Å². The van der Waals surface area contributed by atoms with Gasteiger partial charge in [0.2, 0.25) is 5.91 Å². The zero-order valence-electron chi connectivity index (χ0n) is 10.6. The van der Waals surface area contributed by atoms with E-state index in [1.54, 1.807) is 14.1 Å². The van der Waals surface area contributed by atoms with Crippen LogP contribution in [0.25, 0.3) is 0 Å². The van der Waals surface area contributed by atoms with E-state index in [4.69, 9.17) is 5.11 Å². The molecule has 0 bridgehead atoms. The van der Waals surface area contributed by atoms with Gasteiger partial charge in [-0.2, -0.15) is 0 Å². The van der Waals surface area contributed by atoms with Crippen LogP contribution in [0, 0.1) is 0 Å². The molecule has 1 rings (SSSR count). The molecule has 0 saturated heterocycles. The third-order valence-electron chi connectivity index (χ3n) is 2.66. The van der Waals surface area contributed by atoms with Crippen LogP contribution in [-0.4, -0.2) is 42.0 Å². The summed E-state index contributed by atoms with van der Waals surface area (Å²) >= 11 is 0. The second-order valence-electron chi connectivity index (χ2n) is 4.12. The molecular formula is C13H18N2O3. The smallest absolute Gasteiger partial charge is 0.305 e. The van der Waals surface area contributed by atoms with E-state index in [-0.39, 0.29) is 12.3 Å². The molecule has 0 aliphatic rings. The van der Waals surface area contributed by atoms with E-state index in [0.717, 1.165) is 5.56 Å². The van der Waals surface area contributed by atoms with Crippen molar-refractivity contribution in [1.29, 1.82) is 0 Å². The Labute approximate surface area is 106 Å². The average Bonchev–Trinajstić information content (AvgIpc) is 2.36. The van der Waals surface area contributed by atoms with Gasteiger partial charge in [0.15, 0.2) is 0 Å². The standard InChI is InChI=1S/C13H18N2O3/c1-14-11(8-12(16)17)13(18)15(2)9-10-6-4-3-5-7-10/h3-7,11,14H,8-9H2,1-2H3,(H,16,17). The number of amides is 1. The molecule has 5 heteroatoms. The summed E-state index contributed by atoms with van der Waals surface area (Å²) in [7, 11) is 3.25. The van der Waals surface area contributed by atoms with Crippen molar-refractivity contribution in [2.75, 3.05) is 14.1 Å². The van der Waals surface area contributed by atoms with E-state index in [1.165, 1.54) is 4.90 Å². The molecule has 18 heavy (non-hydrogen) atoms. The summed E-state index contributed by atoms with van der Waals surface area (Å²) in [5.74, 6) is -1.21. The highest BCUT2D eigenvalue weighted by atomic mass is 16.4. The van der Waals surface area contributed by atoms with E-state index < -0.39 is 12.0 Å². The average molecular weight is 250 g/mol. The molecule has 1 aromatic carbocycles. The molecule has 1 aromatic rings. The number of hydrogen-bond donors (Lipinski definition) is 2. The third kappa shape index (κ3) is 4.18. The SMILES string of the molecule is CNC(CC(=O)O)C(=O)N(C)Cc1ccccc1. The second kappa shape index (κ2) is 6.76. The Balaban J connectivity index is 2.62. The predicted octanol–water partition coefficient (Wildman–Crippen LogP) is 0.708. The van der Waals surface area contributed by atoms with Gasteiger partial charge in [0.1, 0.15) is 0 Å². The highest BCUT2D eigenvalue weighted by Gasteiger charge is 2.22. The van der Waals surface area contributed by atoms with Gasteiger partial charge in [-0.25, -0.2) is 0 Å².